The molecule has 5 rings (SSSR count). The Hall–Kier alpha value is -2.13. The van der Waals surface area contributed by atoms with E-state index in [1.807, 2.05) is 12.1 Å². The summed E-state index contributed by atoms with van der Waals surface area (Å²) < 4.78 is 0. The lowest BCUT2D eigenvalue weighted by atomic mass is 9.59. The number of amides is 1. The van der Waals surface area contributed by atoms with Crippen molar-refractivity contribution < 1.29 is 4.79 Å². The molecule has 3 aliphatic rings. The molecule has 1 saturated carbocycles. The predicted molar refractivity (Wildman–Crippen MR) is 126 cm³/mol. The van der Waals surface area contributed by atoms with Crippen molar-refractivity contribution >= 4 is 5.91 Å². The van der Waals surface area contributed by atoms with Crippen molar-refractivity contribution in [1.82, 2.24) is 10.2 Å². The van der Waals surface area contributed by atoms with Crippen LogP contribution in [-0.4, -0.2) is 36.5 Å². The summed E-state index contributed by atoms with van der Waals surface area (Å²) in [6, 6.07) is 17.6. The Bertz CT molecular complexity index is 935. The highest BCUT2D eigenvalue weighted by Gasteiger charge is 2.49. The van der Waals surface area contributed by atoms with Gasteiger partial charge in [-0.05, 0) is 91.1 Å². The van der Waals surface area contributed by atoms with Crippen molar-refractivity contribution in [2.75, 3.05) is 19.6 Å². The number of piperidine rings is 1. The Kier molecular flexibility index (Phi) is 5.64. The van der Waals surface area contributed by atoms with Gasteiger partial charge < -0.3 is 5.32 Å². The lowest BCUT2D eigenvalue weighted by Crippen LogP contribution is -2.58. The molecule has 1 aliphatic heterocycles. The molecule has 0 radical (unpaired) electrons. The Labute approximate surface area is 187 Å². The molecule has 31 heavy (non-hydrogen) atoms. The average Bonchev–Trinajstić information content (AvgIpc) is 3.60. The Morgan fingerprint density at radius 1 is 1.16 bits per heavy atom. The van der Waals surface area contributed by atoms with Crippen molar-refractivity contribution in [3.8, 4) is 0 Å². The van der Waals surface area contributed by atoms with Crippen LogP contribution in [0.1, 0.15) is 66.6 Å². The molecule has 1 amide bonds. The van der Waals surface area contributed by atoms with Gasteiger partial charge in [0.25, 0.3) is 5.91 Å². The SMILES string of the molecule is C[C@@H]1[C@H]2Cc3ccc(C(=O)NCCCc4ccccc4)cc3[C@]1(C)CCN2CC1CC1. The van der Waals surface area contributed by atoms with Gasteiger partial charge in [0.15, 0.2) is 0 Å². The zero-order valence-corrected chi connectivity index (χ0v) is 19.1. The number of benzene rings is 2. The third kappa shape index (κ3) is 4.17. The molecule has 1 heterocycles. The number of hydrogen-bond acceptors (Lipinski definition) is 2. The van der Waals surface area contributed by atoms with Gasteiger partial charge in [-0.1, -0.05) is 50.2 Å². The summed E-state index contributed by atoms with van der Waals surface area (Å²) in [7, 11) is 0. The molecule has 2 fully saturated rings. The zero-order valence-electron chi connectivity index (χ0n) is 19.1. The van der Waals surface area contributed by atoms with Crippen molar-refractivity contribution in [2.45, 2.75) is 63.8 Å². The minimum atomic E-state index is 0.0698. The highest BCUT2D eigenvalue weighted by atomic mass is 16.1. The van der Waals surface area contributed by atoms with Crippen LogP contribution in [0.4, 0.5) is 0 Å². The molecule has 1 saturated heterocycles. The molecule has 2 aromatic carbocycles. The van der Waals surface area contributed by atoms with E-state index < -0.39 is 0 Å². The minimum Gasteiger partial charge on any atom is -0.352 e. The van der Waals surface area contributed by atoms with Crippen LogP contribution in [-0.2, 0) is 18.3 Å². The van der Waals surface area contributed by atoms with E-state index in [0.29, 0.717) is 12.0 Å². The van der Waals surface area contributed by atoms with Crippen LogP contribution in [0.5, 0.6) is 0 Å². The quantitative estimate of drug-likeness (QED) is 0.646. The van der Waals surface area contributed by atoms with Crippen LogP contribution >= 0.6 is 0 Å². The van der Waals surface area contributed by atoms with Gasteiger partial charge >= 0.3 is 0 Å². The first-order valence-electron chi connectivity index (χ1n) is 12.2. The Balaban J connectivity index is 1.25. The zero-order chi connectivity index (χ0) is 21.4. The van der Waals surface area contributed by atoms with Gasteiger partial charge in [0, 0.05) is 24.7 Å². The third-order valence-corrected chi connectivity index (χ3v) is 8.35. The van der Waals surface area contributed by atoms with Crippen LogP contribution in [0, 0.1) is 11.8 Å². The number of aryl methyl sites for hydroxylation is 1. The Morgan fingerprint density at radius 3 is 2.74 bits per heavy atom. The predicted octanol–water partition coefficient (Wildman–Crippen LogP) is 4.98. The second-order valence-electron chi connectivity index (χ2n) is 10.4. The van der Waals surface area contributed by atoms with E-state index in [-0.39, 0.29) is 11.3 Å². The van der Waals surface area contributed by atoms with E-state index in [0.717, 1.165) is 37.3 Å². The number of carbonyl (C=O) groups excluding carboxylic acids is 1. The summed E-state index contributed by atoms with van der Waals surface area (Å²) in [5.41, 5.74) is 5.23. The van der Waals surface area contributed by atoms with Crippen LogP contribution in [0.15, 0.2) is 48.5 Å². The van der Waals surface area contributed by atoms with Crippen LogP contribution in [0.3, 0.4) is 0 Å². The number of nitrogens with one attached hydrogen (secondary N) is 1. The maximum Gasteiger partial charge on any atom is 0.251 e. The average molecular weight is 417 g/mol. The summed E-state index contributed by atoms with van der Waals surface area (Å²) >= 11 is 0. The Morgan fingerprint density at radius 2 is 1.97 bits per heavy atom. The first-order chi connectivity index (χ1) is 15.0. The molecule has 2 aromatic rings. The molecule has 0 unspecified atom stereocenters. The molecule has 3 nitrogen and oxygen atoms in total. The molecular formula is C28H36N2O. The van der Waals surface area contributed by atoms with Gasteiger partial charge in [0.05, 0.1) is 0 Å². The monoisotopic (exact) mass is 416 g/mol. The molecule has 1 N–H and O–H groups in total. The van der Waals surface area contributed by atoms with E-state index in [9.17, 15) is 4.79 Å². The number of carbonyl (C=O) groups is 1. The number of fused-ring (bicyclic) bond motifs is 4. The highest BCUT2D eigenvalue weighted by molar-refractivity contribution is 5.94. The largest absolute Gasteiger partial charge is 0.352 e. The summed E-state index contributed by atoms with van der Waals surface area (Å²) in [5.74, 6) is 1.66. The number of nitrogens with zero attached hydrogens (tertiary/aromatic N) is 1. The van der Waals surface area contributed by atoms with Gasteiger partial charge in [-0.15, -0.1) is 0 Å². The minimum absolute atomic E-state index is 0.0698. The molecule has 2 aliphatic carbocycles. The summed E-state index contributed by atoms with van der Waals surface area (Å²) in [5, 5.41) is 3.14. The van der Waals surface area contributed by atoms with Crippen LogP contribution < -0.4 is 5.32 Å². The van der Waals surface area contributed by atoms with Crippen molar-refractivity contribution in [1.29, 1.82) is 0 Å². The first kappa shape index (κ1) is 20.8. The second-order valence-corrected chi connectivity index (χ2v) is 10.4. The second kappa shape index (κ2) is 8.43. The van der Waals surface area contributed by atoms with E-state index in [2.05, 4.69) is 60.5 Å². The van der Waals surface area contributed by atoms with Gasteiger partial charge in [-0.2, -0.15) is 0 Å². The summed E-state index contributed by atoms with van der Waals surface area (Å²) in [4.78, 5) is 15.6. The van der Waals surface area contributed by atoms with E-state index in [1.54, 1.807) is 0 Å². The van der Waals surface area contributed by atoms with E-state index in [4.69, 9.17) is 0 Å². The maximum absolute atomic E-state index is 12.9. The summed E-state index contributed by atoms with van der Waals surface area (Å²) in [6.07, 6.45) is 7.16. The first-order valence-corrected chi connectivity index (χ1v) is 12.2. The highest BCUT2D eigenvalue weighted by Crippen LogP contribution is 2.49. The van der Waals surface area contributed by atoms with E-state index in [1.165, 1.54) is 49.0 Å². The smallest absolute Gasteiger partial charge is 0.251 e. The van der Waals surface area contributed by atoms with Gasteiger partial charge in [-0.3, -0.25) is 9.69 Å². The molecule has 164 valence electrons. The van der Waals surface area contributed by atoms with Crippen molar-refractivity contribution in [2.24, 2.45) is 11.8 Å². The van der Waals surface area contributed by atoms with Gasteiger partial charge in [-0.25, -0.2) is 0 Å². The van der Waals surface area contributed by atoms with E-state index >= 15 is 0 Å². The molecule has 2 bridgehead atoms. The third-order valence-electron chi connectivity index (χ3n) is 8.35. The lowest BCUT2D eigenvalue weighted by molar-refractivity contribution is 0.0284. The van der Waals surface area contributed by atoms with Crippen LogP contribution in [0.25, 0.3) is 0 Å². The van der Waals surface area contributed by atoms with Gasteiger partial charge in [0.1, 0.15) is 0 Å². The molecular weight excluding hydrogens is 380 g/mol. The van der Waals surface area contributed by atoms with Crippen LogP contribution in [0.2, 0.25) is 0 Å². The maximum atomic E-state index is 12.9. The number of hydrogen-bond donors (Lipinski definition) is 1. The number of likely N-dealkylation sites (tertiary alicyclic amines) is 1. The fourth-order valence-electron chi connectivity index (χ4n) is 5.95. The molecule has 3 heteroatoms. The van der Waals surface area contributed by atoms with Crippen molar-refractivity contribution in [3.05, 3.63) is 70.8 Å². The topological polar surface area (TPSA) is 32.3 Å². The molecule has 0 aromatic heterocycles. The lowest BCUT2D eigenvalue weighted by Gasteiger charge is -2.55. The standard InChI is InChI=1S/C28H36N2O/c1-20-26-18-23-12-13-24(27(31)29-15-6-9-21-7-4-3-5-8-21)17-25(23)28(20,2)14-16-30(26)19-22-10-11-22/h3-5,7-8,12-13,17,20,22,26H,6,9-11,14-16,18-19H2,1-2H3,(H,29,31)/t20-,26-,28-/m1/s1. The summed E-state index contributed by atoms with van der Waals surface area (Å²) in [6.45, 7) is 8.11. The van der Waals surface area contributed by atoms with Gasteiger partial charge in [0.2, 0.25) is 0 Å². The fourth-order valence-corrected chi connectivity index (χ4v) is 5.95. The fraction of sp³-hybridized carbons (Fsp3) is 0.536. The van der Waals surface area contributed by atoms with Crippen molar-refractivity contribution in [3.63, 3.8) is 0 Å². The molecule has 3 atom stereocenters. The molecule has 0 spiro atoms. The normalized spacial score (nSPS) is 27.5. The number of rotatable bonds is 7.